The standard InChI is InChI=1S/C13H26O4/c1-10(2,3)16-8-12(6)9(14)13(7,15)11(4,5)17-12/h9,14-15H,8H2,1-7H3. The van der Waals surface area contributed by atoms with Gasteiger partial charge in [0.2, 0.25) is 0 Å². The third kappa shape index (κ3) is 2.65. The van der Waals surface area contributed by atoms with Crippen molar-refractivity contribution in [3.8, 4) is 0 Å². The van der Waals surface area contributed by atoms with Crippen LogP contribution >= 0.6 is 0 Å². The lowest BCUT2D eigenvalue weighted by Crippen LogP contribution is -2.53. The second-order valence-electron chi connectivity index (χ2n) is 6.88. The second-order valence-corrected chi connectivity index (χ2v) is 6.88. The number of ether oxygens (including phenoxy) is 2. The Balaban J connectivity index is 2.86. The molecule has 0 aromatic rings. The highest BCUT2D eigenvalue weighted by Crippen LogP contribution is 2.45. The van der Waals surface area contributed by atoms with E-state index in [1.807, 2.05) is 20.8 Å². The summed E-state index contributed by atoms with van der Waals surface area (Å²) in [5.41, 5.74) is -3.28. The lowest BCUT2D eigenvalue weighted by molar-refractivity contribution is -0.162. The molecule has 1 rings (SSSR count). The van der Waals surface area contributed by atoms with Crippen molar-refractivity contribution in [2.75, 3.05) is 6.61 Å². The van der Waals surface area contributed by atoms with Crippen LogP contribution in [0.15, 0.2) is 0 Å². The van der Waals surface area contributed by atoms with Crippen molar-refractivity contribution in [2.24, 2.45) is 0 Å². The van der Waals surface area contributed by atoms with Gasteiger partial charge in [-0.25, -0.2) is 0 Å². The molecule has 0 aromatic heterocycles. The van der Waals surface area contributed by atoms with E-state index in [1.165, 1.54) is 0 Å². The fourth-order valence-electron chi connectivity index (χ4n) is 2.13. The van der Waals surface area contributed by atoms with E-state index in [1.54, 1.807) is 27.7 Å². The van der Waals surface area contributed by atoms with E-state index < -0.39 is 22.9 Å². The lowest BCUT2D eigenvalue weighted by Gasteiger charge is -2.33. The van der Waals surface area contributed by atoms with Gasteiger partial charge in [-0.2, -0.15) is 0 Å². The number of hydrogen-bond acceptors (Lipinski definition) is 4. The van der Waals surface area contributed by atoms with Gasteiger partial charge in [0.15, 0.2) is 0 Å². The molecule has 2 N–H and O–H groups in total. The van der Waals surface area contributed by atoms with Crippen molar-refractivity contribution < 1.29 is 19.7 Å². The van der Waals surface area contributed by atoms with E-state index in [2.05, 4.69) is 0 Å². The topological polar surface area (TPSA) is 58.9 Å². The molecule has 3 unspecified atom stereocenters. The van der Waals surface area contributed by atoms with Gasteiger partial charge in [0.25, 0.3) is 0 Å². The van der Waals surface area contributed by atoms with Gasteiger partial charge in [-0.15, -0.1) is 0 Å². The number of hydrogen-bond donors (Lipinski definition) is 2. The monoisotopic (exact) mass is 246 g/mol. The fraction of sp³-hybridized carbons (Fsp3) is 1.00. The van der Waals surface area contributed by atoms with Crippen molar-refractivity contribution in [2.45, 2.75) is 77.0 Å². The zero-order valence-corrected chi connectivity index (χ0v) is 12.0. The minimum atomic E-state index is -1.29. The van der Waals surface area contributed by atoms with Crippen LogP contribution in [0.2, 0.25) is 0 Å². The van der Waals surface area contributed by atoms with Crippen LogP contribution in [-0.2, 0) is 9.47 Å². The molecule has 1 heterocycles. The first-order valence-corrected chi connectivity index (χ1v) is 6.06. The third-order valence-corrected chi connectivity index (χ3v) is 3.61. The van der Waals surface area contributed by atoms with Gasteiger partial charge in [-0.3, -0.25) is 0 Å². The predicted octanol–water partition coefficient (Wildman–Crippen LogP) is 1.48. The van der Waals surface area contributed by atoms with Crippen molar-refractivity contribution in [3.05, 3.63) is 0 Å². The van der Waals surface area contributed by atoms with E-state index >= 15 is 0 Å². The Hall–Kier alpha value is -0.160. The summed E-state index contributed by atoms with van der Waals surface area (Å²) in [7, 11) is 0. The minimum Gasteiger partial charge on any atom is -0.387 e. The summed E-state index contributed by atoms with van der Waals surface area (Å²) in [6.07, 6.45) is -0.979. The molecule has 17 heavy (non-hydrogen) atoms. The molecule has 0 aromatic carbocycles. The zero-order valence-electron chi connectivity index (χ0n) is 12.0. The SMILES string of the molecule is CC(C)(C)OCC1(C)OC(C)(C)C(C)(O)C1O. The van der Waals surface area contributed by atoms with Crippen LogP contribution in [0.4, 0.5) is 0 Å². The highest BCUT2D eigenvalue weighted by Gasteiger charge is 2.62. The largest absolute Gasteiger partial charge is 0.387 e. The van der Waals surface area contributed by atoms with Crippen molar-refractivity contribution in [1.82, 2.24) is 0 Å². The van der Waals surface area contributed by atoms with Crippen LogP contribution in [0, 0.1) is 0 Å². The molecule has 0 amide bonds. The predicted molar refractivity (Wildman–Crippen MR) is 65.9 cm³/mol. The van der Waals surface area contributed by atoms with Gasteiger partial charge in [0.1, 0.15) is 17.3 Å². The Morgan fingerprint density at radius 2 is 1.65 bits per heavy atom. The Morgan fingerprint density at radius 3 is 1.94 bits per heavy atom. The third-order valence-electron chi connectivity index (χ3n) is 3.61. The fourth-order valence-corrected chi connectivity index (χ4v) is 2.13. The molecule has 4 heteroatoms. The van der Waals surface area contributed by atoms with E-state index in [9.17, 15) is 10.2 Å². The van der Waals surface area contributed by atoms with Crippen molar-refractivity contribution in [1.29, 1.82) is 0 Å². The Labute approximate surface area is 104 Å². The number of rotatable bonds is 2. The van der Waals surface area contributed by atoms with E-state index in [0.29, 0.717) is 0 Å². The number of aliphatic hydroxyl groups excluding tert-OH is 1. The van der Waals surface area contributed by atoms with Gasteiger partial charge in [-0.05, 0) is 48.5 Å². The maximum absolute atomic E-state index is 10.3. The first-order valence-electron chi connectivity index (χ1n) is 6.06. The molecular formula is C13H26O4. The molecule has 3 atom stereocenters. The molecule has 0 bridgehead atoms. The van der Waals surface area contributed by atoms with E-state index in [0.717, 1.165) is 0 Å². The van der Waals surface area contributed by atoms with Crippen LogP contribution in [0.25, 0.3) is 0 Å². The molecule has 0 saturated carbocycles. The molecule has 0 aliphatic carbocycles. The van der Waals surface area contributed by atoms with Crippen LogP contribution in [0.3, 0.4) is 0 Å². The minimum absolute atomic E-state index is 0.247. The molecule has 0 radical (unpaired) electrons. The molecule has 102 valence electrons. The summed E-state index contributed by atoms with van der Waals surface area (Å²) in [6, 6.07) is 0. The van der Waals surface area contributed by atoms with Gasteiger partial charge >= 0.3 is 0 Å². The highest BCUT2D eigenvalue weighted by molar-refractivity contribution is 5.12. The lowest BCUT2D eigenvalue weighted by atomic mass is 9.81. The summed E-state index contributed by atoms with van der Waals surface area (Å²) < 4.78 is 11.5. The average Bonchev–Trinajstić information content (AvgIpc) is 2.21. The van der Waals surface area contributed by atoms with Crippen LogP contribution in [0.1, 0.15) is 48.5 Å². The molecular weight excluding hydrogens is 220 g/mol. The molecule has 1 saturated heterocycles. The van der Waals surface area contributed by atoms with E-state index in [-0.39, 0.29) is 12.2 Å². The summed E-state index contributed by atoms with van der Waals surface area (Å²) in [5, 5.41) is 20.6. The first kappa shape index (κ1) is 14.9. The summed E-state index contributed by atoms with van der Waals surface area (Å²) in [6.45, 7) is 13.0. The smallest absolute Gasteiger partial charge is 0.119 e. The Kier molecular flexibility index (Phi) is 3.43. The van der Waals surface area contributed by atoms with Gasteiger partial charge < -0.3 is 19.7 Å². The van der Waals surface area contributed by atoms with Gasteiger partial charge in [0.05, 0.1) is 17.8 Å². The molecule has 1 aliphatic heterocycles. The normalized spacial score (nSPS) is 41.8. The van der Waals surface area contributed by atoms with Crippen LogP contribution in [-0.4, -0.2) is 45.3 Å². The maximum atomic E-state index is 10.3. The quantitative estimate of drug-likeness (QED) is 0.775. The molecule has 1 fully saturated rings. The summed E-state index contributed by atoms with van der Waals surface area (Å²) >= 11 is 0. The Morgan fingerprint density at radius 1 is 1.18 bits per heavy atom. The summed E-state index contributed by atoms with van der Waals surface area (Å²) in [4.78, 5) is 0. The first-order chi connectivity index (χ1) is 7.32. The Bertz CT molecular complexity index is 290. The van der Waals surface area contributed by atoms with Crippen LogP contribution < -0.4 is 0 Å². The van der Waals surface area contributed by atoms with Gasteiger partial charge in [-0.1, -0.05) is 0 Å². The summed E-state index contributed by atoms with van der Waals surface area (Å²) in [5.74, 6) is 0. The van der Waals surface area contributed by atoms with E-state index in [4.69, 9.17) is 9.47 Å². The zero-order chi connectivity index (χ0) is 13.7. The second kappa shape index (κ2) is 3.92. The average molecular weight is 246 g/mol. The number of aliphatic hydroxyl groups is 2. The van der Waals surface area contributed by atoms with Gasteiger partial charge in [0, 0.05) is 0 Å². The molecule has 4 nitrogen and oxygen atoms in total. The maximum Gasteiger partial charge on any atom is 0.119 e. The van der Waals surface area contributed by atoms with Crippen molar-refractivity contribution >= 4 is 0 Å². The highest BCUT2D eigenvalue weighted by atomic mass is 16.6. The van der Waals surface area contributed by atoms with Crippen LogP contribution in [0.5, 0.6) is 0 Å². The molecule has 1 aliphatic rings. The molecule has 0 spiro atoms. The van der Waals surface area contributed by atoms with Crippen molar-refractivity contribution in [3.63, 3.8) is 0 Å².